The molecule has 2 nitrogen and oxygen atoms in total. The van der Waals surface area contributed by atoms with Crippen molar-refractivity contribution in [3.63, 3.8) is 0 Å². The lowest BCUT2D eigenvalue weighted by Crippen LogP contribution is -2.13. The molecule has 1 heterocycles. The zero-order valence-corrected chi connectivity index (χ0v) is 13.4. The van der Waals surface area contributed by atoms with Gasteiger partial charge in [-0.3, -0.25) is 9.36 Å². The van der Waals surface area contributed by atoms with Crippen molar-refractivity contribution in [2.75, 3.05) is 0 Å². The van der Waals surface area contributed by atoms with Crippen molar-refractivity contribution in [1.29, 1.82) is 0 Å². The minimum atomic E-state index is 0.00600. The Hall–Kier alpha value is -3.13. The van der Waals surface area contributed by atoms with Crippen LogP contribution in [-0.2, 0) is 0 Å². The second-order valence-electron chi connectivity index (χ2n) is 5.85. The highest BCUT2D eigenvalue weighted by Gasteiger charge is 2.20. The maximum absolute atomic E-state index is 13.1. The summed E-state index contributed by atoms with van der Waals surface area (Å²) in [5, 5.41) is 1.10. The SMILES string of the molecule is Cc1c(-c2ccccc2)c2ccccc2n1C(=O)c1ccccc1. The molecule has 0 spiro atoms. The van der Waals surface area contributed by atoms with E-state index >= 15 is 0 Å². The molecule has 0 saturated carbocycles. The van der Waals surface area contributed by atoms with Crippen molar-refractivity contribution in [3.8, 4) is 11.1 Å². The van der Waals surface area contributed by atoms with Crippen molar-refractivity contribution in [2.45, 2.75) is 6.92 Å². The molecule has 3 aromatic carbocycles. The monoisotopic (exact) mass is 311 g/mol. The molecule has 0 saturated heterocycles. The van der Waals surface area contributed by atoms with Gasteiger partial charge in [0.2, 0.25) is 0 Å². The zero-order valence-electron chi connectivity index (χ0n) is 13.4. The van der Waals surface area contributed by atoms with Crippen LogP contribution in [0.25, 0.3) is 22.0 Å². The van der Waals surface area contributed by atoms with Crippen LogP contribution in [0.2, 0.25) is 0 Å². The van der Waals surface area contributed by atoms with E-state index in [1.54, 1.807) is 0 Å². The highest BCUT2D eigenvalue weighted by molar-refractivity contribution is 6.08. The lowest BCUT2D eigenvalue weighted by Gasteiger charge is -2.07. The summed E-state index contributed by atoms with van der Waals surface area (Å²) in [6.45, 7) is 2.02. The van der Waals surface area contributed by atoms with E-state index in [2.05, 4.69) is 18.2 Å². The largest absolute Gasteiger partial charge is 0.280 e. The third kappa shape index (κ3) is 2.24. The molecule has 0 N–H and O–H groups in total. The van der Waals surface area contributed by atoms with Crippen LogP contribution in [0.15, 0.2) is 84.9 Å². The fourth-order valence-electron chi connectivity index (χ4n) is 3.31. The Labute approximate surface area is 141 Å². The number of aromatic nitrogens is 1. The number of hydrogen-bond donors (Lipinski definition) is 0. The van der Waals surface area contributed by atoms with E-state index in [0.717, 1.165) is 27.7 Å². The van der Waals surface area contributed by atoms with E-state index in [4.69, 9.17) is 0 Å². The molecule has 0 aliphatic heterocycles. The topological polar surface area (TPSA) is 22.0 Å². The maximum atomic E-state index is 13.1. The number of fused-ring (bicyclic) bond motifs is 1. The summed E-state index contributed by atoms with van der Waals surface area (Å²) < 4.78 is 1.83. The number of carbonyl (C=O) groups is 1. The summed E-state index contributed by atoms with van der Waals surface area (Å²) in [4.78, 5) is 13.1. The second kappa shape index (κ2) is 5.82. The van der Waals surface area contributed by atoms with Gasteiger partial charge in [-0.1, -0.05) is 66.7 Å². The predicted molar refractivity (Wildman–Crippen MR) is 98.3 cm³/mol. The first-order chi connectivity index (χ1) is 11.8. The Balaban J connectivity index is 2.01. The number of rotatable bonds is 2. The second-order valence-corrected chi connectivity index (χ2v) is 5.85. The van der Waals surface area contributed by atoms with Crippen molar-refractivity contribution in [1.82, 2.24) is 4.57 Å². The Kier molecular flexibility index (Phi) is 3.51. The first kappa shape index (κ1) is 14.5. The quantitative estimate of drug-likeness (QED) is 0.492. The van der Waals surface area contributed by atoms with Crippen LogP contribution in [0.4, 0.5) is 0 Å². The van der Waals surface area contributed by atoms with Gasteiger partial charge in [-0.05, 0) is 30.7 Å². The summed E-state index contributed by atoms with van der Waals surface area (Å²) in [5.74, 6) is 0.00600. The molecule has 1 aromatic heterocycles. The molecule has 0 atom stereocenters. The molecule has 4 aromatic rings. The Morgan fingerprint density at radius 2 is 1.33 bits per heavy atom. The minimum Gasteiger partial charge on any atom is -0.280 e. The highest BCUT2D eigenvalue weighted by Crippen LogP contribution is 2.34. The molecule has 0 fully saturated rings. The molecule has 4 rings (SSSR count). The normalized spacial score (nSPS) is 10.9. The molecule has 0 unspecified atom stereocenters. The van der Waals surface area contributed by atoms with Crippen LogP contribution < -0.4 is 0 Å². The van der Waals surface area contributed by atoms with E-state index in [-0.39, 0.29) is 5.91 Å². The van der Waals surface area contributed by atoms with Gasteiger partial charge in [0.1, 0.15) is 0 Å². The van der Waals surface area contributed by atoms with E-state index in [1.165, 1.54) is 0 Å². The van der Waals surface area contributed by atoms with Crippen LogP contribution in [0.1, 0.15) is 16.1 Å². The standard InChI is InChI=1S/C22H17NO/c1-16-21(17-10-4-2-5-11-17)19-14-8-9-15-20(19)23(16)22(24)18-12-6-3-7-13-18/h2-15H,1H3. The summed E-state index contributed by atoms with van der Waals surface area (Å²) >= 11 is 0. The van der Waals surface area contributed by atoms with Gasteiger partial charge < -0.3 is 0 Å². The predicted octanol–water partition coefficient (Wildman–Crippen LogP) is 5.31. The summed E-state index contributed by atoms with van der Waals surface area (Å²) in [7, 11) is 0. The van der Waals surface area contributed by atoms with Crippen LogP contribution >= 0.6 is 0 Å². The third-order valence-electron chi connectivity index (χ3n) is 4.40. The van der Waals surface area contributed by atoms with E-state index in [0.29, 0.717) is 5.56 Å². The molecule has 0 aliphatic carbocycles. The molecule has 116 valence electrons. The third-order valence-corrected chi connectivity index (χ3v) is 4.40. The molecule has 0 amide bonds. The number of hydrogen-bond acceptors (Lipinski definition) is 1. The first-order valence-corrected chi connectivity index (χ1v) is 8.02. The number of nitrogens with zero attached hydrogens (tertiary/aromatic N) is 1. The van der Waals surface area contributed by atoms with Crippen molar-refractivity contribution in [3.05, 3.63) is 96.2 Å². The van der Waals surface area contributed by atoms with Gasteiger partial charge in [0, 0.05) is 22.2 Å². The summed E-state index contributed by atoms with van der Waals surface area (Å²) in [5.41, 5.74) is 4.86. The van der Waals surface area contributed by atoms with E-state index in [9.17, 15) is 4.79 Å². The van der Waals surface area contributed by atoms with Crippen LogP contribution in [0, 0.1) is 6.92 Å². The summed E-state index contributed by atoms with van der Waals surface area (Å²) in [6, 6.07) is 27.8. The van der Waals surface area contributed by atoms with E-state index < -0.39 is 0 Å². The fourth-order valence-corrected chi connectivity index (χ4v) is 3.31. The van der Waals surface area contributed by atoms with Gasteiger partial charge in [-0.2, -0.15) is 0 Å². The van der Waals surface area contributed by atoms with Crippen molar-refractivity contribution < 1.29 is 4.79 Å². The molecule has 0 bridgehead atoms. The molecule has 2 heteroatoms. The lowest BCUT2D eigenvalue weighted by molar-refractivity contribution is 0.0963. The highest BCUT2D eigenvalue weighted by atomic mass is 16.2. The minimum absolute atomic E-state index is 0.00600. The molecule has 0 radical (unpaired) electrons. The Bertz CT molecular complexity index is 1010. The average Bonchev–Trinajstić information content (AvgIpc) is 2.94. The first-order valence-electron chi connectivity index (χ1n) is 8.02. The van der Waals surface area contributed by atoms with Gasteiger partial charge in [-0.25, -0.2) is 0 Å². The van der Waals surface area contributed by atoms with Gasteiger partial charge in [0.05, 0.1) is 5.52 Å². The molecular weight excluding hydrogens is 294 g/mol. The van der Waals surface area contributed by atoms with Crippen molar-refractivity contribution >= 4 is 16.8 Å². The zero-order chi connectivity index (χ0) is 16.5. The van der Waals surface area contributed by atoms with Gasteiger partial charge >= 0.3 is 0 Å². The van der Waals surface area contributed by atoms with Crippen molar-refractivity contribution in [2.24, 2.45) is 0 Å². The van der Waals surface area contributed by atoms with Crippen LogP contribution in [0.3, 0.4) is 0 Å². The summed E-state index contributed by atoms with van der Waals surface area (Å²) in [6.07, 6.45) is 0. The molecule has 0 aliphatic rings. The Morgan fingerprint density at radius 1 is 0.750 bits per heavy atom. The van der Waals surface area contributed by atoms with Gasteiger partial charge in [0.25, 0.3) is 5.91 Å². The number of para-hydroxylation sites is 1. The maximum Gasteiger partial charge on any atom is 0.262 e. The molecular formula is C22H17NO. The lowest BCUT2D eigenvalue weighted by atomic mass is 10.0. The number of benzene rings is 3. The average molecular weight is 311 g/mol. The van der Waals surface area contributed by atoms with Gasteiger partial charge in [-0.15, -0.1) is 0 Å². The molecule has 24 heavy (non-hydrogen) atoms. The Morgan fingerprint density at radius 3 is 2.04 bits per heavy atom. The number of carbonyl (C=O) groups excluding carboxylic acids is 1. The van der Waals surface area contributed by atoms with Crippen LogP contribution in [0.5, 0.6) is 0 Å². The van der Waals surface area contributed by atoms with Crippen LogP contribution in [-0.4, -0.2) is 10.5 Å². The van der Waals surface area contributed by atoms with Gasteiger partial charge in [0.15, 0.2) is 0 Å². The van der Waals surface area contributed by atoms with E-state index in [1.807, 2.05) is 78.2 Å². The smallest absolute Gasteiger partial charge is 0.262 e. The fraction of sp³-hybridized carbons (Fsp3) is 0.0455.